The molecule has 16 heavy (non-hydrogen) atoms. The number of fused-ring (bicyclic) bond motifs is 1. The molecule has 1 aromatic rings. The van der Waals surface area contributed by atoms with Crippen LogP contribution in [0, 0.1) is 12.7 Å². The van der Waals surface area contributed by atoms with E-state index in [1.165, 1.54) is 11.1 Å². The largest absolute Gasteiger partial charge is 0.313 e. The number of hydrogen-bond acceptors (Lipinski definition) is 2. The molecule has 1 N–H and O–H groups in total. The lowest BCUT2D eigenvalue weighted by Gasteiger charge is -2.19. The Morgan fingerprint density at radius 1 is 1.44 bits per heavy atom. The molecule has 1 aliphatic rings. The summed E-state index contributed by atoms with van der Waals surface area (Å²) in [5.41, 5.74) is 3.28. The number of hydrogen-bond donors (Lipinski definition) is 1. The Balaban J connectivity index is 2.52. The van der Waals surface area contributed by atoms with Crippen molar-refractivity contribution in [2.75, 3.05) is 7.05 Å². The summed E-state index contributed by atoms with van der Waals surface area (Å²) in [5.74, 6) is 0.868. The van der Waals surface area contributed by atoms with Crippen LogP contribution >= 0.6 is 11.8 Å². The summed E-state index contributed by atoms with van der Waals surface area (Å²) in [6.45, 7) is 4.29. The molecule has 0 fully saturated rings. The second kappa shape index (κ2) is 4.76. The molecular formula is C13H18FNS. The quantitative estimate of drug-likeness (QED) is 0.806. The van der Waals surface area contributed by atoms with Gasteiger partial charge in [0.2, 0.25) is 0 Å². The molecule has 0 radical (unpaired) electrons. The maximum absolute atomic E-state index is 13.9. The number of halogens is 1. The highest BCUT2D eigenvalue weighted by Crippen LogP contribution is 2.37. The Bertz CT molecular complexity index is 392. The van der Waals surface area contributed by atoms with Crippen LogP contribution in [-0.2, 0) is 5.75 Å². The first-order valence-corrected chi connectivity index (χ1v) is 6.75. The van der Waals surface area contributed by atoms with Crippen molar-refractivity contribution in [1.29, 1.82) is 0 Å². The zero-order valence-corrected chi connectivity index (χ0v) is 10.8. The highest BCUT2D eigenvalue weighted by Gasteiger charge is 2.25. The summed E-state index contributed by atoms with van der Waals surface area (Å²) in [7, 11) is 1.92. The SMILES string of the molecule is CNC1CC(C)SCc2c(C)ccc(F)c21. The molecular weight excluding hydrogens is 221 g/mol. The Labute approximate surface area is 101 Å². The van der Waals surface area contributed by atoms with E-state index in [-0.39, 0.29) is 11.9 Å². The first kappa shape index (κ1) is 11.9. The van der Waals surface area contributed by atoms with Crippen molar-refractivity contribution in [2.24, 2.45) is 0 Å². The first-order chi connectivity index (χ1) is 7.63. The standard InChI is InChI=1S/C13H18FNS/c1-8-4-5-11(14)13-10(8)7-16-9(2)6-12(13)15-3/h4-5,9,12,15H,6-7H2,1-3H3. The third-order valence-corrected chi connectivity index (χ3v) is 4.53. The summed E-state index contributed by atoms with van der Waals surface area (Å²) in [5, 5.41) is 3.82. The van der Waals surface area contributed by atoms with E-state index in [9.17, 15) is 4.39 Å². The van der Waals surface area contributed by atoms with E-state index >= 15 is 0 Å². The average Bonchev–Trinajstić information content (AvgIpc) is 2.44. The van der Waals surface area contributed by atoms with E-state index in [0.29, 0.717) is 5.25 Å². The van der Waals surface area contributed by atoms with Crippen LogP contribution in [0.1, 0.15) is 36.1 Å². The summed E-state index contributed by atoms with van der Waals surface area (Å²) >= 11 is 1.92. The van der Waals surface area contributed by atoms with Gasteiger partial charge < -0.3 is 5.32 Å². The molecule has 0 aromatic heterocycles. The zero-order chi connectivity index (χ0) is 11.7. The number of aryl methyl sites for hydroxylation is 1. The van der Waals surface area contributed by atoms with Gasteiger partial charge in [-0.15, -0.1) is 0 Å². The first-order valence-electron chi connectivity index (χ1n) is 5.70. The molecule has 1 aliphatic heterocycles. The molecule has 88 valence electrons. The van der Waals surface area contributed by atoms with Gasteiger partial charge in [0.1, 0.15) is 5.82 Å². The monoisotopic (exact) mass is 239 g/mol. The zero-order valence-electron chi connectivity index (χ0n) is 10.0. The van der Waals surface area contributed by atoms with Gasteiger partial charge in [0.05, 0.1) is 0 Å². The number of benzene rings is 1. The van der Waals surface area contributed by atoms with Crippen LogP contribution in [-0.4, -0.2) is 12.3 Å². The lowest BCUT2D eigenvalue weighted by atomic mass is 9.94. The molecule has 2 atom stereocenters. The van der Waals surface area contributed by atoms with Gasteiger partial charge in [-0.25, -0.2) is 4.39 Å². The molecule has 3 heteroatoms. The topological polar surface area (TPSA) is 12.0 Å². The van der Waals surface area contributed by atoms with E-state index in [4.69, 9.17) is 0 Å². The van der Waals surface area contributed by atoms with Crippen molar-refractivity contribution in [3.63, 3.8) is 0 Å². The second-order valence-corrected chi connectivity index (χ2v) is 5.88. The van der Waals surface area contributed by atoms with Gasteiger partial charge in [-0.05, 0) is 37.6 Å². The molecule has 0 bridgehead atoms. The maximum Gasteiger partial charge on any atom is 0.128 e. The number of nitrogens with one attached hydrogen (secondary N) is 1. The average molecular weight is 239 g/mol. The Morgan fingerprint density at radius 3 is 2.88 bits per heavy atom. The Hall–Kier alpha value is -0.540. The Morgan fingerprint density at radius 2 is 2.19 bits per heavy atom. The summed E-state index contributed by atoms with van der Waals surface area (Å²) in [6.07, 6.45) is 0.995. The van der Waals surface area contributed by atoms with Crippen LogP contribution in [0.2, 0.25) is 0 Å². The number of thioether (sulfide) groups is 1. The lowest BCUT2D eigenvalue weighted by Crippen LogP contribution is -2.20. The van der Waals surface area contributed by atoms with Crippen LogP contribution in [0.4, 0.5) is 4.39 Å². The van der Waals surface area contributed by atoms with E-state index in [1.54, 1.807) is 6.07 Å². The molecule has 0 saturated heterocycles. The normalized spacial score (nSPS) is 25.0. The van der Waals surface area contributed by atoms with Crippen LogP contribution < -0.4 is 5.32 Å². The summed E-state index contributed by atoms with van der Waals surface area (Å²) in [6, 6.07) is 3.64. The van der Waals surface area contributed by atoms with Gasteiger partial charge in [0, 0.05) is 22.6 Å². The minimum atomic E-state index is -0.0605. The smallest absolute Gasteiger partial charge is 0.128 e. The highest BCUT2D eigenvalue weighted by atomic mass is 32.2. The van der Waals surface area contributed by atoms with E-state index in [1.807, 2.05) is 24.9 Å². The van der Waals surface area contributed by atoms with Crippen molar-refractivity contribution < 1.29 is 4.39 Å². The highest BCUT2D eigenvalue weighted by molar-refractivity contribution is 7.99. The molecule has 0 saturated carbocycles. The summed E-state index contributed by atoms with van der Waals surface area (Å²) < 4.78 is 13.9. The van der Waals surface area contributed by atoms with Gasteiger partial charge in [-0.3, -0.25) is 0 Å². The lowest BCUT2D eigenvalue weighted by molar-refractivity contribution is 0.508. The van der Waals surface area contributed by atoms with Gasteiger partial charge in [0.25, 0.3) is 0 Å². The van der Waals surface area contributed by atoms with E-state index in [2.05, 4.69) is 19.2 Å². The third kappa shape index (κ3) is 2.11. The van der Waals surface area contributed by atoms with Crippen molar-refractivity contribution in [3.8, 4) is 0 Å². The minimum Gasteiger partial charge on any atom is -0.313 e. The van der Waals surface area contributed by atoms with Gasteiger partial charge in [-0.2, -0.15) is 11.8 Å². The van der Waals surface area contributed by atoms with Crippen LogP contribution in [0.25, 0.3) is 0 Å². The fourth-order valence-corrected chi connectivity index (χ4v) is 3.48. The van der Waals surface area contributed by atoms with Crippen LogP contribution in [0.15, 0.2) is 12.1 Å². The van der Waals surface area contributed by atoms with Gasteiger partial charge in [0.15, 0.2) is 0 Å². The van der Waals surface area contributed by atoms with Crippen molar-refractivity contribution in [3.05, 3.63) is 34.6 Å². The van der Waals surface area contributed by atoms with Crippen molar-refractivity contribution in [2.45, 2.75) is 37.3 Å². The molecule has 2 unspecified atom stereocenters. The van der Waals surface area contributed by atoms with Crippen LogP contribution in [0.3, 0.4) is 0 Å². The summed E-state index contributed by atoms with van der Waals surface area (Å²) in [4.78, 5) is 0. The molecule has 0 amide bonds. The maximum atomic E-state index is 13.9. The van der Waals surface area contributed by atoms with Crippen LogP contribution in [0.5, 0.6) is 0 Å². The third-order valence-electron chi connectivity index (χ3n) is 3.31. The predicted octanol–water partition coefficient (Wildman–Crippen LogP) is 3.42. The van der Waals surface area contributed by atoms with Gasteiger partial charge in [-0.1, -0.05) is 13.0 Å². The number of rotatable bonds is 1. The fourth-order valence-electron chi connectivity index (χ4n) is 2.32. The molecule has 1 heterocycles. The second-order valence-electron chi connectivity index (χ2n) is 4.46. The van der Waals surface area contributed by atoms with Crippen molar-refractivity contribution in [1.82, 2.24) is 5.32 Å². The molecule has 0 spiro atoms. The van der Waals surface area contributed by atoms with Gasteiger partial charge >= 0.3 is 0 Å². The fraction of sp³-hybridized carbons (Fsp3) is 0.538. The van der Waals surface area contributed by atoms with E-state index < -0.39 is 0 Å². The molecule has 1 nitrogen and oxygen atoms in total. The van der Waals surface area contributed by atoms with E-state index in [0.717, 1.165) is 17.7 Å². The molecule has 1 aromatic carbocycles. The molecule has 2 rings (SSSR count). The minimum absolute atomic E-state index is 0.0605. The van der Waals surface area contributed by atoms with Crippen molar-refractivity contribution >= 4 is 11.8 Å². The molecule has 0 aliphatic carbocycles. The predicted molar refractivity (Wildman–Crippen MR) is 68.3 cm³/mol. The Kier molecular flexibility index (Phi) is 3.55.